The van der Waals surface area contributed by atoms with E-state index in [1.807, 2.05) is 35.4 Å². The lowest BCUT2D eigenvalue weighted by Crippen LogP contribution is -2.76. The van der Waals surface area contributed by atoms with E-state index in [1.165, 1.54) is 19.6 Å². The number of rotatable bonds is 7. The van der Waals surface area contributed by atoms with Gasteiger partial charge in [0.15, 0.2) is 17.9 Å². The van der Waals surface area contributed by atoms with Crippen molar-refractivity contribution in [3.05, 3.63) is 48.4 Å². The first-order chi connectivity index (χ1) is 18.0. The normalized spacial score (nSPS) is 26.7. The molecule has 37 heavy (non-hydrogen) atoms. The molecule has 0 saturated carbocycles. The van der Waals surface area contributed by atoms with E-state index in [4.69, 9.17) is 16.2 Å². The number of hydrogen-bond donors (Lipinski definition) is 2. The lowest BCUT2D eigenvalue weighted by molar-refractivity contribution is -0.138. The van der Waals surface area contributed by atoms with Crippen LogP contribution < -0.4 is 26.0 Å². The van der Waals surface area contributed by atoms with E-state index < -0.39 is 18.4 Å². The molecule has 0 spiro atoms. The third-order valence-electron chi connectivity index (χ3n) is 7.95. The Morgan fingerprint density at radius 1 is 1.03 bits per heavy atom. The van der Waals surface area contributed by atoms with Crippen LogP contribution in [0.25, 0.3) is 0 Å². The zero-order chi connectivity index (χ0) is 25.9. The number of hydrogen-bond acceptors (Lipinski definition) is 10. The molecule has 202 valence electrons. The molecule has 3 saturated heterocycles. The summed E-state index contributed by atoms with van der Waals surface area (Å²) in [6.45, 7) is 9.12. The zero-order valence-electron chi connectivity index (χ0n) is 21.9. The summed E-state index contributed by atoms with van der Waals surface area (Å²) in [6, 6.07) is 11.4. The predicted molar refractivity (Wildman–Crippen MR) is 143 cm³/mol. The number of halogens is 1. The second-order valence-electron chi connectivity index (χ2n) is 9.96. The summed E-state index contributed by atoms with van der Waals surface area (Å²) in [6.07, 6.45) is 3.17. The van der Waals surface area contributed by atoms with Crippen LogP contribution in [0.2, 0.25) is 0 Å². The number of ether oxygens (including phenoxy) is 1. The molecule has 4 N–H and O–H groups in total. The Labute approximate surface area is 219 Å². The molecule has 3 atom stereocenters. The van der Waals surface area contributed by atoms with Crippen LogP contribution >= 0.6 is 0 Å². The fourth-order valence-electron chi connectivity index (χ4n) is 5.88. The quantitative estimate of drug-likeness (QED) is 0.565. The highest BCUT2D eigenvalue weighted by Gasteiger charge is 2.42. The number of pyridine rings is 1. The Kier molecular flexibility index (Phi) is 8.08. The van der Waals surface area contributed by atoms with Gasteiger partial charge in [-0.15, -0.1) is 0 Å². The third-order valence-corrected chi connectivity index (χ3v) is 7.95. The monoisotopic (exact) mass is 513 g/mol. The van der Waals surface area contributed by atoms with Gasteiger partial charge < -0.3 is 14.5 Å². The highest BCUT2D eigenvalue weighted by Crippen LogP contribution is 2.30. The number of benzene rings is 1. The van der Waals surface area contributed by atoms with Crippen molar-refractivity contribution in [2.75, 3.05) is 69.4 Å². The van der Waals surface area contributed by atoms with Crippen LogP contribution in [0.4, 0.5) is 15.9 Å². The molecule has 3 fully saturated rings. The fourth-order valence-corrected chi connectivity index (χ4v) is 5.88. The average molecular weight is 514 g/mol. The second-order valence-corrected chi connectivity index (χ2v) is 9.96. The number of nitrogens with two attached hydrogens (primary N) is 2. The summed E-state index contributed by atoms with van der Waals surface area (Å²) in [4.78, 5) is 13.5. The van der Waals surface area contributed by atoms with Gasteiger partial charge in [0.25, 0.3) is 0 Å². The Morgan fingerprint density at radius 3 is 2.51 bits per heavy atom. The SMILES string of the molecule is CCN1CCCC1CN1CN(N2CCN(c3ccccn3)CC2)C(N)N(c2ccc(OC)c(F)c2)C1N. The second kappa shape index (κ2) is 11.5. The number of piperazine rings is 1. The molecule has 3 aliphatic heterocycles. The molecule has 10 nitrogen and oxygen atoms in total. The van der Waals surface area contributed by atoms with Crippen molar-refractivity contribution in [2.45, 2.75) is 38.4 Å². The maximum Gasteiger partial charge on any atom is 0.167 e. The Hall–Kier alpha value is -2.54. The Balaban J connectivity index is 1.38. The summed E-state index contributed by atoms with van der Waals surface area (Å²) >= 11 is 0. The smallest absolute Gasteiger partial charge is 0.167 e. The van der Waals surface area contributed by atoms with E-state index in [0.29, 0.717) is 18.4 Å². The summed E-state index contributed by atoms with van der Waals surface area (Å²) in [5.41, 5.74) is 14.4. The van der Waals surface area contributed by atoms with Crippen molar-refractivity contribution in [2.24, 2.45) is 11.5 Å². The standard InChI is InChI=1S/C26H40FN9O/c1-3-31-12-6-7-21(31)18-33-19-35(34-15-13-32(14-16-34)24-8-4-5-11-30-24)26(29)36(25(33)28)20-9-10-23(37-2)22(27)17-20/h4-5,8-11,17,21,25-26H,3,6-7,12-16,18-19,28-29H2,1-2H3. The number of likely N-dealkylation sites (tertiary alicyclic amines) is 1. The largest absolute Gasteiger partial charge is 0.494 e. The summed E-state index contributed by atoms with van der Waals surface area (Å²) < 4.78 is 19.9. The Morgan fingerprint density at radius 2 is 1.84 bits per heavy atom. The van der Waals surface area contributed by atoms with Crippen LogP contribution in [0.15, 0.2) is 42.6 Å². The van der Waals surface area contributed by atoms with Crippen LogP contribution in [0.5, 0.6) is 5.75 Å². The number of nitrogens with zero attached hydrogens (tertiary/aromatic N) is 7. The molecule has 5 rings (SSSR count). The van der Waals surface area contributed by atoms with Crippen molar-refractivity contribution in [1.82, 2.24) is 24.8 Å². The number of methoxy groups -OCH3 is 1. The van der Waals surface area contributed by atoms with Gasteiger partial charge in [0.2, 0.25) is 0 Å². The van der Waals surface area contributed by atoms with E-state index >= 15 is 0 Å². The molecule has 2 aromatic rings. The topological polar surface area (TPSA) is 93.6 Å². The average Bonchev–Trinajstić information content (AvgIpc) is 3.38. The minimum absolute atomic E-state index is 0.201. The van der Waals surface area contributed by atoms with Crippen molar-refractivity contribution >= 4 is 11.5 Å². The van der Waals surface area contributed by atoms with Gasteiger partial charge in [-0.05, 0) is 50.2 Å². The van der Waals surface area contributed by atoms with Gasteiger partial charge in [0.1, 0.15) is 12.1 Å². The lowest BCUT2D eigenvalue weighted by Gasteiger charge is -2.55. The van der Waals surface area contributed by atoms with E-state index in [1.54, 1.807) is 6.07 Å². The summed E-state index contributed by atoms with van der Waals surface area (Å²) in [5.74, 6) is 0.761. The van der Waals surface area contributed by atoms with Gasteiger partial charge in [0, 0.05) is 56.7 Å². The van der Waals surface area contributed by atoms with Gasteiger partial charge in [-0.2, -0.15) is 5.01 Å². The highest BCUT2D eigenvalue weighted by atomic mass is 19.1. The van der Waals surface area contributed by atoms with Crippen LogP contribution in [0.1, 0.15) is 19.8 Å². The molecule has 11 heteroatoms. The van der Waals surface area contributed by atoms with Gasteiger partial charge in [-0.3, -0.25) is 21.3 Å². The highest BCUT2D eigenvalue weighted by molar-refractivity contribution is 5.51. The molecule has 4 heterocycles. The minimum atomic E-state index is -0.536. The first-order valence-corrected chi connectivity index (χ1v) is 13.3. The lowest BCUT2D eigenvalue weighted by atomic mass is 10.2. The van der Waals surface area contributed by atoms with Crippen molar-refractivity contribution in [3.63, 3.8) is 0 Å². The molecular weight excluding hydrogens is 473 g/mol. The van der Waals surface area contributed by atoms with Crippen LogP contribution in [0, 0.1) is 5.82 Å². The summed E-state index contributed by atoms with van der Waals surface area (Å²) in [5, 5.41) is 4.49. The first kappa shape index (κ1) is 26.1. The number of anilines is 2. The molecule has 0 amide bonds. The molecular formula is C26H40FN9O. The van der Waals surface area contributed by atoms with Crippen LogP contribution in [-0.2, 0) is 0 Å². The molecule has 0 radical (unpaired) electrons. The minimum Gasteiger partial charge on any atom is -0.494 e. The summed E-state index contributed by atoms with van der Waals surface area (Å²) in [7, 11) is 1.46. The number of likely N-dealkylation sites (N-methyl/N-ethyl adjacent to an activating group) is 1. The van der Waals surface area contributed by atoms with E-state index in [2.05, 4.69) is 36.6 Å². The molecule has 1 aromatic heterocycles. The number of aromatic nitrogens is 1. The van der Waals surface area contributed by atoms with E-state index in [-0.39, 0.29) is 5.75 Å². The van der Waals surface area contributed by atoms with Crippen molar-refractivity contribution < 1.29 is 9.13 Å². The van der Waals surface area contributed by atoms with Gasteiger partial charge >= 0.3 is 0 Å². The van der Waals surface area contributed by atoms with Crippen LogP contribution in [-0.4, -0.2) is 103 Å². The van der Waals surface area contributed by atoms with E-state index in [9.17, 15) is 4.39 Å². The molecule has 0 aliphatic carbocycles. The van der Waals surface area contributed by atoms with Crippen molar-refractivity contribution in [1.29, 1.82) is 0 Å². The first-order valence-electron chi connectivity index (χ1n) is 13.3. The Bertz CT molecular complexity index is 1020. The molecule has 3 aliphatic rings. The van der Waals surface area contributed by atoms with Gasteiger partial charge in [0.05, 0.1) is 13.8 Å². The molecule has 3 unspecified atom stereocenters. The maximum absolute atomic E-state index is 14.7. The van der Waals surface area contributed by atoms with E-state index in [0.717, 1.165) is 58.1 Å². The molecule has 1 aromatic carbocycles. The van der Waals surface area contributed by atoms with Crippen molar-refractivity contribution in [3.8, 4) is 5.75 Å². The van der Waals surface area contributed by atoms with Gasteiger partial charge in [-0.1, -0.05) is 13.0 Å². The zero-order valence-corrected chi connectivity index (χ0v) is 21.9. The van der Waals surface area contributed by atoms with Crippen LogP contribution in [0.3, 0.4) is 0 Å². The fraction of sp³-hybridized carbons (Fsp3) is 0.577. The van der Waals surface area contributed by atoms with Gasteiger partial charge in [-0.25, -0.2) is 14.4 Å². The number of hydrazine groups is 1. The molecule has 0 bridgehead atoms. The maximum atomic E-state index is 14.7. The predicted octanol–water partition coefficient (Wildman–Crippen LogP) is 1.32. The third kappa shape index (κ3) is 5.38.